The molecule has 10 heteroatoms. The zero-order valence-electron chi connectivity index (χ0n) is 16.7. The molecule has 0 aliphatic heterocycles. The van der Waals surface area contributed by atoms with Gasteiger partial charge in [0.1, 0.15) is 0 Å². The minimum absolute atomic E-state index is 0.0445. The number of carbonyl (C=O) groups is 2. The molecule has 0 bridgehead atoms. The van der Waals surface area contributed by atoms with Crippen LogP contribution >= 0.6 is 11.8 Å². The lowest BCUT2D eigenvalue weighted by molar-refractivity contribution is -0.385. The van der Waals surface area contributed by atoms with Gasteiger partial charge in [0.15, 0.2) is 6.61 Å². The Labute approximate surface area is 186 Å². The van der Waals surface area contributed by atoms with Gasteiger partial charge in [-0.15, -0.1) is 0 Å². The van der Waals surface area contributed by atoms with Crippen molar-refractivity contribution in [3.63, 3.8) is 0 Å². The lowest BCUT2D eigenvalue weighted by atomic mass is 10.1. The number of hydrogen-bond donors (Lipinski definition) is 0. The summed E-state index contributed by atoms with van der Waals surface area (Å²) in [6.07, 6.45) is 0. The van der Waals surface area contributed by atoms with Gasteiger partial charge in [0.05, 0.1) is 15.4 Å². The molecule has 0 spiro atoms. The van der Waals surface area contributed by atoms with Gasteiger partial charge in [0, 0.05) is 39.1 Å². The van der Waals surface area contributed by atoms with Crippen LogP contribution in [0.15, 0.2) is 76.5 Å². The summed E-state index contributed by atoms with van der Waals surface area (Å²) in [7, 11) is 0. The van der Waals surface area contributed by atoms with E-state index in [9.17, 15) is 29.8 Å². The van der Waals surface area contributed by atoms with Crippen molar-refractivity contribution in [1.82, 2.24) is 0 Å². The zero-order chi connectivity index (χ0) is 23.3. The van der Waals surface area contributed by atoms with Crippen LogP contribution in [0, 0.1) is 27.2 Å². The first-order chi connectivity index (χ1) is 15.3. The van der Waals surface area contributed by atoms with E-state index in [0.29, 0.717) is 15.4 Å². The fourth-order valence-electron chi connectivity index (χ4n) is 2.76. The van der Waals surface area contributed by atoms with Crippen LogP contribution in [0.4, 0.5) is 11.4 Å². The summed E-state index contributed by atoms with van der Waals surface area (Å²) in [5.41, 5.74) is 0.479. The van der Waals surface area contributed by atoms with Crippen LogP contribution in [0.2, 0.25) is 0 Å². The summed E-state index contributed by atoms with van der Waals surface area (Å²) in [6, 6.07) is 16.5. The third-order valence-corrected chi connectivity index (χ3v) is 5.53. The number of nitro benzene ring substituents is 2. The average Bonchev–Trinajstić information content (AvgIpc) is 2.78. The van der Waals surface area contributed by atoms with Gasteiger partial charge in [0.2, 0.25) is 5.78 Å². The van der Waals surface area contributed by atoms with Gasteiger partial charge in [-0.3, -0.25) is 25.0 Å². The maximum Gasteiger partial charge on any atom is 0.339 e. The standard InChI is InChI=1S/C22H16N2O7S/c1-14-6-7-15(12-19(14)24(29)30)20(25)13-31-22(26)18-4-2-3-5-21(18)32-17-10-8-16(9-11-17)23(27)28/h2-12H,13H2,1H3. The van der Waals surface area contributed by atoms with Gasteiger partial charge >= 0.3 is 5.97 Å². The third kappa shape index (κ3) is 5.35. The van der Waals surface area contributed by atoms with Crippen LogP contribution in [-0.2, 0) is 4.74 Å². The van der Waals surface area contributed by atoms with Crippen molar-refractivity contribution in [3.05, 3.63) is 104 Å². The number of non-ortho nitro benzene ring substituents is 1. The topological polar surface area (TPSA) is 130 Å². The fraction of sp³-hybridized carbons (Fsp3) is 0.0909. The fourth-order valence-corrected chi connectivity index (χ4v) is 3.69. The van der Waals surface area contributed by atoms with Gasteiger partial charge in [-0.05, 0) is 31.2 Å². The second kappa shape index (κ2) is 9.84. The number of ketones is 1. The summed E-state index contributed by atoms with van der Waals surface area (Å²) in [4.78, 5) is 46.9. The quantitative estimate of drug-likeness (QED) is 0.202. The molecule has 3 rings (SSSR count). The number of Topliss-reactive ketones (excluding diaryl/α,β-unsaturated/α-hetero) is 1. The Morgan fingerprint density at radius 3 is 2.28 bits per heavy atom. The molecule has 0 saturated carbocycles. The largest absolute Gasteiger partial charge is 0.454 e. The number of esters is 1. The van der Waals surface area contributed by atoms with Crippen LogP contribution in [-0.4, -0.2) is 28.2 Å². The number of benzene rings is 3. The van der Waals surface area contributed by atoms with E-state index in [2.05, 4.69) is 0 Å². The minimum atomic E-state index is -0.732. The second-order valence-electron chi connectivity index (χ2n) is 6.61. The molecule has 0 aliphatic carbocycles. The van der Waals surface area contributed by atoms with E-state index >= 15 is 0 Å². The molecule has 0 N–H and O–H groups in total. The zero-order valence-corrected chi connectivity index (χ0v) is 17.5. The smallest absolute Gasteiger partial charge is 0.339 e. The van der Waals surface area contributed by atoms with Crippen LogP contribution in [0.1, 0.15) is 26.3 Å². The molecule has 0 radical (unpaired) electrons. The van der Waals surface area contributed by atoms with E-state index < -0.39 is 28.2 Å². The normalized spacial score (nSPS) is 10.4. The summed E-state index contributed by atoms with van der Waals surface area (Å²) in [6.45, 7) is 0.988. The Balaban J connectivity index is 1.71. The van der Waals surface area contributed by atoms with Crippen molar-refractivity contribution >= 4 is 34.9 Å². The number of rotatable bonds is 8. The van der Waals surface area contributed by atoms with Crippen molar-refractivity contribution in [2.45, 2.75) is 16.7 Å². The summed E-state index contributed by atoms with van der Waals surface area (Å²) >= 11 is 1.22. The molecule has 0 aliphatic rings. The molecule has 0 aromatic heterocycles. The SMILES string of the molecule is Cc1ccc(C(=O)COC(=O)c2ccccc2Sc2ccc([N+](=O)[O-])cc2)cc1[N+](=O)[O-]. The van der Waals surface area contributed by atoms with Crippen molar-refractivity contribution in [2.75, 3.05) is 6.61 Å². The van der Waals surface area contributed by atoms with Crippen molar-refractivity contribution in [2.24, 2.45) is 0 Å². The molecular formula is C22H16N2O7S. The Bertz CT molecular complexity index is 1210. The van der Waals surface area contributed by atoms with Crippen molar-refractivity contribution in [1.29, 1.82) is 0 Å². The molecule has 3 aromatic carbocycles. The van der Waals surface area contributed by atoms with Crippen molar-refractivity contribution < 1.29 is 24.2 Å². The van der Waals surface area contributed by atoms with Crippen LogP contribution < -0.4 is 0 Å². The highest BCUT2D eigenvalue weighted by molar-refractivity contribution is 7.99. The highest BCUT2D eigenvalue weighted by Crippen LogP contribution is 2.32. The van der Waals surface area contributed by atoms with E-state index in [0.717, 1.165) is 6.07 Å². The molecule has 32 heavy (non-hydrogen) atoms. The van der Waals surface area contributed by atoms with Crippen LogP contribution in [0.5, 0.6) is 0 Å². The minimum Gasteiger partial charge on any atom is -0.454 e. The van der Waals surface area contributed by atoms with E-state index in [1.165, 1.54) is 42.1 Å². The first-order valence-electron chi connectivity index (χ1n) is 9.23. The van der Waals surface area contributed by atoms with Gasteiger partial charge in [-0.2, -0.15) is 0 Å². The number of nitro groups is 2. The lowest BCUT2D eigenvalue weighted by Crippen LogP contribution is -2.15. The summed E-state index contributed by atoms with van der Waals surface area (Å²) in [5.74, 6) is -1.30. The Kier molecular flexibility index (Phi) is 6.96. The van der Waals surface area contributed by atoms with Gasteiger partial charge in [-0.25, -0.2) is 4.79 Å². The van der Waals surface area contributed by atoms with E-state index in [1.54, 1.807) is 37.3 Å². The first kappa shape index (κ1) is 22.6. The van der Waals surface area contributed by atoms with E-state index in [1.807, 2.05) is 0 Å². The van der Waals surface area contributed by atoms with Gasteiger partial charge < -0.3 is 4.74 Å². The molecule has 0 unspecified atom stereocenters. The molecular weight excluding hydrogens is 436 g/mol. The monoisotopic (exact) mass is 452 g/mol. The van der Waals surface area contributed by atoms with Gasteiger partial charge in [0.25, 0.3) is 11.4 Å². The number of hydrogen-bond acceptors (Lipinski definition) is 8. The van der Waals surface area contributed by atoms with E-state index in [4.69, 9.17) is 4.74 Å². The predicted octanol–water partition coefficient (Wildman–Crippen LogP) is 5.00. The lowest BCUT2D eigenvalue weighted by Gasteiger charge is -2.09. The molecule has 0 heterocycles. The number of aryl methyl sites for hydroxylation is 1. The maximum absolute atomic E-state index is 12.6. The Morgan fingerprint density at radius 1 is 0.938 bits per heavy atom. The number of carbonyl (C=O) groups excluding carboxylic acids is 2. The Morgan fingerprint density at radius 2 is 1.62 bits per heavy atom. The first-order valence-corrected chi connectivity index (χ1v) is 10.0. The summed E-state index contributed by atoms with van der Waals surface area (Å²) < 4.78 is 5.14. The highest BCUT2D eigenvalue weighted by atomic mass is 32.2. The van der Waals surface area contributed by atoms with E-state index in [-0.39, 0.29) is 22.5 Å². The Hall–Kier alpha value is -4.05. The highest BCUT2D eigenvalue weighted by Gasteiger charge is 2.19. The molecule has 0 amide bonds. The molecule has 3 aromatic rings. The molecule has 9 nitrogen and oxygen atoms in total. The number of ether oxygens (including phenoxy) is 1. The van der Waals surface area contributed by atoms with Crippen molar-refractivity contribution in [3.8, 4) is 0 Å². The average molecular weight is 452 g/mol. The second-order valence-corrected chi connectivity index (χ2v) is 7.72. The molecule has 0 saturated heterocycles. The third-order valence-electron chi connectivity index (χ3n) is 4.44. The molecule has 0 atom stereocenters. The molecule has 0 fully saturated rings. The molecule has 162 valence electrons. The van der Waals surface area contributed by atoms with Crippen LogP contribution in [0.3, 0.4) is 0 Å². The summed E-state index contributed by atoms with van der Waals surface area (Å²) in [5, 5.41) is 21.8. The predicted molar refractivity (Wildman–Crippen MR) is 116 cm³/mol. The van der Waals surface area contributed by atoms with Gasteiger partial charge in [-0.1, -0.05) is 36.0 Å². The van der Waals surface area contributed by atoms with Crippen LogP contribution in [0.25, 0.3) is 0 Å². The number of nitrogens with zero attached hydrogens (tertiary/aromatic N) is 2. The maximum atomic E-state index is 12.6.